The van der Waals surface area contributed by atoms with Gasteiger partial charge in [0, 0.05) is 13.6 Å². The number of fused-ring (bicyclic) bond motifs is 1. The maximum absolute atomic E-state index is 12.6. The monoisotopic (exact) mass is 308 g/mol. The van der Waals surface area contributed by atoms with E-state index in [2.05, 4.69) is 70.2 Å². The average molecular weight is 308 g/mol. The zero-order valence-electron chi connectivity index (χ0n) is 14.6. The molecule has 0 saturated heterocycles. The summed E-state index contributed by atoms with van der Waals surface area (Å²) in [5.74, 6) is 0. The molecular weight excluding hydrogens is 284 g/mol. The highest BCUT2D eigenvalue weighted by molar-refractivity contribution is 5.82. The molecule has 0 amide bonds. The Kier molecular flexibility index (Phi) is 3.67. The smallest absolute Gasteiger partial charge is 0.295 e. The Labute approximate surface area is 137 Å². The SMILES string of the molecule is Cc1cccc(-c2ccc3c(c2)n(C)c(=O)n3CC(C)(C)C)c1. The molecule has 0 aliphatic carbocycles. The van der Waals surface area contributed by atoms with Gasteiger partial charge in [0.05, 0.1) is 11.0 Å². The second-order valence-corrected chi connectivity index (χ2v) is 7.56. The molecular formula is C20H24N2O. The molecule has 0 fully saturated rings. The molecule has 120 valence electrons. The zero-order valence-corrected chi connectivity index (χ0v) is 14.6. The molecule has 3 nitrogen and oxygen atoms in total. The molecule has 3 aromatic rings. The highest BCUT2D eigenvalue weighted by Crippen LogP contribution is 2.26. The minimum absolute atomic E-state index is 0.0521. The van der Waals surface area contributed by atoms with Crippen LogP contribution in [0.5, 0.6) is 0 Å². The van der Waals surface area contributed by atoms with E-state index in [1.165, 1.54) is 11.1 Å². The van der Waals surface area contributed by atoms with Gasteiger partial charge in [-0.25, -0.2) is 4.79 Å². The Morgan fingerprint density at radius 3 is 2.30 bits per heavy atom. The Morgan fingerprint density at radius 1 is 0.957 bits per heavy atom. The quantitative estimate of drug-likeness (QED) is 0.691. The maximum atomic E-state index is 12.6. The van der Waals surface area contributed by atoms with E-state index in [1.54, 1.807) is 4.57 Å². The van der Waals surface area contributed by atoms with Gasteiger partial charge in [0.1, 0.15) is 0 Å². The van der Waals surface area contributed by atoms with Crippen LogP contribution in [0.2, 0.25) is 0 Å². The minimum atomic E-state index is 0.0521. The van der Waals surface area contributed by atoms with Gasteiger partial charge in [0.25, 0.3) is 0 Å². The van der Waals surface area contributed by atoms with Crippen LogP contribution in [0.4, 0.5) is 0 Å². The molecule has 3 rings (SSSR count). The molecule has 3 heteroatoms. The number of imidazole rings is 1. The third-order valence-electron chi connectivity index (χ3n) is 4.13. The molecule has 2 aromatic carbocycles. The topological polar surface area (TPSA) is 26.9 Å². The predicted molar refractivity (Wildman–Crippen MR) is 96.8 cm³/mol. The van der Waals surface area contributed by atoms with Crippen LogP contribution in [0.15, 0.2) is 47.3 Å². The van der Waals surface area contributed by atoms with E-state index in [9.17, 15) is 4.79 Å². The number of hydrogen-bond donors (Lipinski definition) is 0. The summed E-state index contributed by atoms with van der Waals surface area (Å²) in [6.07, 6.45) is 0. The summed E-state index contributed by atoms with van der Waals surface area (Å²) in [5, 5.41) is 0. The molecule has 1 heterocycles. The van der Waals surface area contributed by atoms with Gasteiger partial charge in [-0.2, -0.15) is 0 Å². The lowest BCUT2D eigenvalue weighted by Crippen LogP contribution is -2.27. The number of hydrogen-bond acceptors (Lipinski definition) is 1. The van der Waals surface area contributed by atoms with Crippen LogP contribution in [-0.4, -0.2) is 9.13 Å². The van der Waals surface area contributed by atoms with Crippen molar-refractivity contribution in [3.63, 3.8) is 0 Å². The molecule has 0 aliphatic heterocycles. The summed E-state index contributed by atoms with van der Waals surface area (Å²) in [7, 11) is 1.85. The van der Waals surface area contributed by atoms with Crippen LogP contribution in [-0.2, 0) is 13.6 Å². The van der Waals surface area contributed by atoms with Gasteiger partial charge in [-0.3, -0.25) is 9.13 Å². The van der Waals surface area contributed by atoms with Gasteiger partial charge in [0.15, 0.2) is 0 Å². The van der Waals surface area contributed by atoms with Crippen LogP contribution in [0.25, 0.3) is 22.2 Å². The van der Waals surface area contributed by atoms with Crippen molar-refractivity contribution in [3.8, 4) is 11.1 Å². The number of rotatable bonds is 2. The standard InChI is InChI=1S/C20H24N2O/c1-14-7-6-8-15(11-14)16-9-10-17-18(12-16)21(5)19(23)22(17)13-20(2,3)4/h6-12H,13H2,1-5H3. The van der Waals surface area contributed by atoms with Crippen LogP contribution >= 0.6 is 0 Å². The second kappa shape index (κ2) is 5.41. The van der Waals surface area contributed by atoms with E-state index in [0.29, 0.717) is 6.54 Å². The first-order chi connectivity index (χ1) is 10.8. The number of aromatic nitrogens is 2. The molecule has 0 bridgehead atoms. The fourth-order valence-electron chi connectivity index (χ4n) is 3.04. The van der Waals surface area contributed by atoms with Crippen molar-refractivity contribution in [1.82, 2.24) is 9.13 Å². The summed E-state index contributed by atoms with van der Waals surface area (Å²) in [6.45, 7) is 9.27. The van der Waals surface area contributed by atoms with Crippen LogP contribution in [0, 0.1) is 12.3 Å². The Morgan fingerprint density at radius 2 is 1.65 bits per heavy atom. The number of nitrogens with zero attached hydrogens (tertiary/aromatic N) is 2. The fraction of sp³-hybridized carbons (Fsp3) is 0.350. The minimum Gasteiger partial charge on any atom is -0.295 e. The molecule has 0 saturated carbocycles. The summed E-state index contributed by atoms with van der Waals surface area (Å²) in [4.78, 5) is 12.6. The van der Waals surface area contributed by atoms with Crippen molar-refractivity contribution in [2.24, 2.45) is 12.5 Å². The fourth-order valence-corrected chi connectivity index (χ4v) is 3.04. The molecule has 0 spiro atoms. The summed E-state index contributed by atoms with van der Waals surface area (Å²) in [5.41, 5.74) is 5.67. The summed E-state index contributed by atoms with van der Waals surface area (Å²) >= 11 is 0. The zero-order chi connectivity index (χ0) is 16.8. The van der Waals surface area contributed by atoms with E-state index < -0.39 is 0 Å². The summed E-state index contributed by atoms with van der Waals surface area (Å²) < 4.78 is 3.63. The summed E-state index contributed by atoms with van der Waals surface area (Å²) in [6, 6.07) is 14.7. The van der Waals surface area contributed by atoms with Crippen molar-refractivity contribution < 1.29 is 0 Å². The molecule has 0 radical (unpaired) electrons. The van der Waals surface area contributed by atoms with E-state index in [0.717, 1.165) is 16.6 Å². The second-order valence-electron chi connectivity index (χ2n) is 7.56. The Balaban J connectivity index is 2.18. The third-order valence-corrected chi connectivity index (χ3v) is 4.13. The maximum Gasteiger partial charge on any atom is 0.328 e. The van der Waals surface area contributed by atoms with Gasteiger partial charge in [-0.1, -0.05) is 56.7 Å². The molecule has 0 unspecified atom stereocenters. The van der Waals surface area contributed by atoms with Crippen molar-refractivity contribution in [2.45, 2.75) is 34.2 Å². The Bertz CT molecular complexity index is 923. The van der Waals surface area contributed by atoms with Gasteiger partial charge < -0.3 is 0 Å². The molecule has 0 aliphatic rings. The van der Waals surface area contributed by atoms with E-state index in [4.69, 9.17) is 0 Å². The first-order valence-electron chi connectivity index (χ1n) is 8.02. The highest BCUT2D eigenvalue weighted by Gasteiger charge is 2.17. The van der Waals surface area contributed by atoms with Gasteiger partial charge >= 0.3 is 5.69 Å². The van der Waals surface area contributed by atoms with Gasteiger partial charge in [0.2, 0.25) is 0 Å². The van der Waals surface area contributed by atoms with Crippen molar-refractivity contribution in [1.29, 1.82) is 0 Å². The van der Waals surface area contributed by atoms with Crippen molar-refractivity contribution >= 4 is 11.0 Å². The van der Waals surface area contributed by atoms with E-state index in [-0.39, 0.29) is 11.1 Å². The normalized spacial score (nSPS) is 12.0. The lowest BCUT2D eigenvalue weighted by Gasteiger charge is -2.18. The number of aryl methyl sites for hydroxylation is 2. The highest BCUT2D eigenvalue weighted by atomic mass is 16.1. The van der Waals surface area contributed by atoms with Crippen LogP contribution in [0.3, 0.4) is 0 Å². The van der Waals surface area contributed by atoms with Crippen molar-refractivity contribution in [2.75, 3.05) is 0 Å². The van der Waals surface area contributed by atoms with E-state index >= 15 is 0 Å². The lowest BCUT2D eigenvalue weighted by atomic mass is 9.97. The molecule has 1 aromatic heterocycles. The largest absolute Gasteiger partial charge is 0.328 e. The van der Waals surface area contributed by atoms with Gasteiger partial charge in [-0.15, -0.1) is 0 Å². The lowest BCUT2D eigenvalue weighted by molar-refractivity contribution is 0.342. The molecule has 23 heavy (non-hydrogen) atoms. The third kappa shape index (κ3) is 2.96. The Hall–Kier alpha value is -2.29. The number of benzene rings is 2. The van der Waals surface area contributed by atoms with Crippen LogP contribution in [0.1, 0.15) is 26.3 Å². The van der Waals surface area contributed by atoms with Crippen molar-refractivity contribution in [3.05, 3.63) is 58.5 Å². The molecule has 0 atom stereocenters. The predicted octanol–water partition coefficient (Wildman–Crippen LogP) is 4.36. The first kappa shape index (κ1) is 15.6. The molecule has 0 N–H and O–H groups in total. The van der Waals surface area contributed by atoms with E-state index in [1.807, 2.05) is 11.6 Å². The van der Waals surface area contributed by atoms with Crippen LogP contribution < -0.4 is 5.69 Å². The average Bonchev–Trinajstić information content (AvgIpc) is 2.71. The first-order valence-corrected chi connectivity index (χ1v) is 8.02. The van der Waals surface area contributed by atoms with Gasteiger partial charge in [-0.05, 0) is 35.6 Å².